The number of nitrogens with zero attached hydrogens (tertiary/aromatic N) is 1. The Balaban J connectivity index is 2.20. The zero-order valence-corrected chi connectivity index (χ0v) is 13.4. The summed E-state index contributed by atoms with van der Waals surface area (Å²) in [6.07, 6.45) is 3.81. The Morgan fingerprint density at radius 3 is 2.90 bits per heavy atom. The molecule has 1 saturated heterocycles. The summed E-state index contributed by atoms with van der Waals surface area (Å²) in [5.41, 5.74) is 0. The maximum atomic E-state index is 11.2. The fourth-order valence-electron chi connectivity index (χ4n) is 2.00. The molecule has 1 unspecified atom stereocenters. The number of thioether (sulfide) groups is 1. The molecule has 116 valence electrons. The van der Waals surface area contributed by atoms with Crippen molar-refractivity contribution in [2.45, 2.75) is 44.8 Å². The van der Waals surface area contributed by atoms with Crippen molar-refractivity contribution in [2.24, 2.45) is 4.99 Å². The first-order valence-corrected chi connectivity index (χ1v) is 8.60. The highest BCUT2D eigenvalue weighted by atomic mass is 32.2. The van der Waals surface area contributed by atoms with Crippen LogP contribution >= 0.6 is 11.8 Å². The molecule has 0 radical (unpaired) electrons. The predicted molar refractivity (Wildman–Crippen MR) is 85.3 cm³/mol. The molecule has 1 heterocycles. The average Bonchev–Trinajstić information content (AvgIpc) is 2.94. The topological polar surface area (TPSA) is 62.7 Å². The minimum Gasteiger partial charge on any atom is -0.466 e. The lowest BCUT2D eigenvalue weighted by Gasteiger charge is -2.12. The lowest BCUT2D eigenvalue weighted by atomic mass is 10.2. The highest BCUT2D eigenvalue weighted by Gasteiger charge is 2.14. The molecule has 0 aromatic carbocycles. The highest BCUT2D eigenvalue weighted by Crippen LogP contribution is 2.25. The van der Waals surface area contributed by atoms with Crippen LogP contribution in [0.15, 0.2) is 4.99 Å². The van der Waals surface area contributed by atoms with Gasteiger partial charge in [-0.15, -0.1) is 0 Å². The molecule has 2 N–H and O–H groups in total. The van der Waals surface area contributed by atoms with Gasteiger partial charge in [0.25, 0.3) is 0 Å². The van der Waals surface area contributed by atoms with Crippen LogP contribution in [0.5, 0.6) is 0 Å². The third kappa shape index (κ3) is 7.62. The van der Waals surface area contributed by atoms with E-state index in [1.165, 1.54) is 18.6 Å². The van der Waals surface area contributed by atoms with Gasteiger partial charge < -0.3 is 15.4 Å². The van der Waals surface area contributed by atoms with Crippen molar-refractivity contribution in [3.05, 3.63) is 0 Å². The van der Waals surface area contributed by atoms with Crippen molar-refractivity contribution in [3.63, 3.8) is 0 Å². The Kier molecular flexibility index (Phi) is 9.28. The minimum absolute atomic E-state index is 0.126. The van der Waals surface area contributed by atoms with Crippen molar-refractivity contribution in [1.29, 1.82) is 0 Å². The van der Waals surface area contributed by atoms with Crippen LogP contribution in [-0.2, 0) is 9.53 Å². The van der Waals surface area contributed by atoms with Gasteiger partial charge in [0.1, 0.15) is 0 Å². The first-order chi connectivity index (χ1) is 9.76. The van der Waals surface area contributed by atoms with E-state index in [1.54, 1.807) is 0 Å². The molecule has 1 rings (SSSR count). The van der Waals surface area contributed by atoms with Gasteiger partial charge in [-0.05, 0) is 38.9 Å². The highest BCUT2D eigenvalue weighted by molar-refractivity contribution is 8.00. The molecule has 0 bridgehead atoms. The van der Waals surface area contributed by atoms with Crippen LogP contribution in [0.1, 0.15) is 39.5 Å². The second-order valence-corrected chi connectivity index (χ2v) is 6.10. The van der Waals surface area contributed by atoms with E-state index in [0.717, 1.165) is 32.0 Å². The quantitative estimate of drug-likeness (QED) is 0.310. The van der Waals surface area contributed by atoms with E-state index < -0.39 is 0 Å². The van der Waals surface area contributed by atoms with Crippen LogP contribution in [0, 0.1) is 0 Å². The zero-order chi connectivity index (χ0) is 14.6. The summed E-state index contributed by atoms with van der Waals surface area (Å²) >= 11 is 2.02. The molecule has 0 saturated carbocycles. The van der Waals surface area contributed by atoms with Crippen LogP contribution in [0.4, 0.5) is 0 Å². The lowest BCUT2D eigenvalue weighted by Crippen LogP contribution is -2.38. The Morgan fingerprint density at radius 2 is 2.25 bits per heavy atom. The molecule has 1 atom stereocenters. The number of rotatable bonds is 8. The van der Waals surface area contributed by atoms with E-state index in [-0.39, 0.29) is 5.97 Å². The molecule has 5 nitrogen and oxygen atoms in total. The summed E-state index contributed by atoms with van der Waals surface area (Å²) in [5.74, 6) is 1.99. The summed E-state index contributed by atoms with van der Waals surface area (Å²) in [7, 11) is 0. The Bertz CT molecular complexity index is 305. The molecule has 0 spiro atoms. The first kappa shape index (κ1) is 17.1. The number of guanidine groups is 1. The summed E-state index contributed by atoms with van der Waals surface area (Å²) in [5, 5.41) is 7.17. The third-order valence-electron chi connectivity index (χ3n) is 2.98. The van der Waals surface area contributed by atoms with E-state index in [4.69, 9.17) is 4.74 Å². The van der Waals surface area contributed by atoms with Crippen molar-refractivity contribution >= 4 is 23.7 Å². The van der Waals surface area contributed by atoms with Gasteiger partial charge in [-0.1, -0.05) is 0 Å². The number of aliphatic imine (C=N–C) groups is 1. The molecule has 6 heteroatoms. The largest absolute Gasteiger partial charge is 0.466 e. The zero-order valence-electron chi connectivity index (χ0n) is 12.6. The number of carbonyl (C=O) groups excluding carboxylic acids is 1. The van der Waals surface area contributed by atoms with E-state index >= 15 is 0 Å². The maximum absolute atomic E-state index is 11.2. The smallest absolute Gasteiger partial charge is 0.305 e. The van der Waals surface area contributed by atoms with Crippen LogP contribution in [0.3, 0.4) is 0 Å². The summed E-state index contributed by atoms with van der Waals surface area (Å²) in [4.78, 5) is 15.8. The molecule has 1 aliphatic heterocycles. The number of hydrogen-bond acceptors (Lipinski definition) is 4. The molecule has 1 aliphatic rings. The lowest BCUT2D eigenvalue weighted by molar-refractivity contribution is -0.143. The van der Waals surface area contributed by atoms with Gasteiger partial charge in [0.2, 0.25) is 0 Å². The van der Waals surface area contributed by atoms with Gasteiger partial charge in [-0.25, -0.2) is 0 Å². The number of nitrogens with one attached hydrogen (secondary N) is 2. The fourth-order valence-corrected chi connectivity index (χ4v) is 3.18. The molecule has 0 aromatic heterocycles. The van der Waals surface area contributed by atoms with Crippen molar-refractivity contribution < 1.29 is 9.53 Å². The minimum atomic E-state index is -0.126. The summed E-state index contributed by atoms with van der Waals surface area (Å²) in [6.45, 7) is 6.80. The Hall–Kier alpha value is -0.910. The number of carbonyl (C=O) groups is 1. The van der Waals surface area contributed by atoms with E-state index in [2.05, 4.69) is 22.5 Å². The van der Waals surface area contributed by atoms with Crippen molar-refractivity contribution in [2.75, 3.05) is 32.0 Å². The molecule has 20 heavy (non-hydrogen) atoms. The fraction of sp³-hybridized carbons (Fsp3) is 0.857. The Labute approximate surface area is 126 Å². The van der Waals surface area contributed by atoms with Gasteiger partial charge in [0.15, 0.2) is 5.96 Å². The summed E-state index contributed by atoms with van der Waals surface area (Å²) in [6, 6.07) is 0. The molecule has 0 aromatic rings. The maximum Gasteiger partial charge on any atom is 0.305 e. The molecule has 0 aliphatic carbocycles. The number of ether oxygens (including phenoxy) is 1. The molecule has 1 fully saturated rings. The third-order valence-corrected chi connectivity index (χ3v) is 4.36. The van der Waals surface area contributed by atoms with E-state index in [1.807, 2.05) is 18.7 Å². The van der Waals surface area contributed by atoms with Gasteiger partial charge in [0, 0.05) is 24.8 Å². The van der Waals surface area contributed by atoms with Gasteiger partial charge in [0.05, 0.1) is 13.2 Å². The molecular formula is C14H27N3O2S. The number of esters is 1. The van der Waals surface area contributed by atoms with E-state index in [9.17, 15) is 4.79 Å². The van der Waals surface area contributed by atoms with Crippen molar-refractivity contribution in [1.82, 2.24) is 10.6 Å². The second kappa shape index (κ2) is 10.8. The predicted octanol–water partition coefficient (Wildman–Crippen LogP) is 1.78. The van der Waals surface area contributed by atoms with E-state index in [0.29, 0.717) is 18.3 Å². The van der Waals surface area contributed by atoms with Crippen molar-refractivity contribution in [3.8, 4) is 0 Å². The van der Waals surface area contributed by atoms with Crippen LogP contribution in [-0.4, -0.2) is 49.2 Å². The first-order valence-electron chi connectivity index (χ1n) is 7.55. The number of hydrogen-bond donors (Lipinski definition) is 2. The normalized spacial score (nSPS) is 18.9. The van der Waals surface area contributed by atoms with Crippen LogP contribution < -0.4 is 10.6 Å². The summed E-state index contributed by atoms with van der Waals surface area (Å²) < 4.78 is 4.90. The van der Waals surface area contributed by atoms with Gasteiger partial charge >= 0.3 is 5.97 Å². The second-order valence-electron chi connectivity index (χ2n) is 4.69. The average molecular weight is 301 g/mol. The molecular weight excluding hydrogens is 274 g/mol. The van der Waals surface area contributed by atoms with Crippen LogP contribution in [0.2, 0.25) is 0 Å². The molecule has 0 amide bonds. The van der Waals surface area contributed by atoms with Gasteiger partial charge in [-0.3, -0.25) is 9.79 Å². The standard InChI is InChI=1S/C14H27N3O2S/c1-3-15-14(17-11-12-7-6-10-20-12)16-9-5-8-13(18)19-4-2/h12H,3-11H2,1-2H3,(H2,15,16,17). The SMILES string of the molecule is CCNC(=NCC1CCCS1)NCCCC(=O)OCC. The van der Waals surface area contributed by atoms with Crippen LogP contribution in [0.25, 0.3) is 0 Å². The Morgan fingerprint density at radius 1 is 1.40 bits per heavy atom. The van der Waals surface area contributed by atoms with Gasteiger partial charge in [-0.2, -0.15) is 11.8 Å². The monoisotopic (exact) mass is 301 g/mol.